The van der Waals surface area contributed by atoms with Gasteiger partial charge in [0, 0.05) is 30.4 Å². The number of carbonyl (C=O) groups excluding carboxylic acids is 2. The topological polar surface area (TPSA) is 62.6 Å². The molecule has 5 nitrogen and oxygen atoms in total. The Morgan fingerprint density at radius 2 is 2.09 bits per heavy atom. The highest BCUT2D eigenvalue weighted by Gasteiger charge is 2.25. The molecule has 0 saturated carbocycles. The van der Waals surface area contributed by atoms with Crippen molar-refractivity contribution >= 4 is 23.2 Å². The molecule has 0 unspecified atom stereocenters. The van der Waals surface area contributed by atoms with Crippen LogP contribution in [0, 0.1) is 0 Å². The van der Waals surface area contributed by atoms with E-state index in [9.17, 15) is 9.59 Å². The van der Waals surface area contributed by atoms with Crippen molar-refractivity contribution in [3.05, 3.63) is 46.5 Å². The molecule has 122 valence electrons. The van der Waals surface area contributed by atoms with Gasteiger partial charge >= 0.3 is 0 Å². The summed E-state index contributed by atoms with van der Waals surface area (Å²) >= 11 is 1.68. The van der Waals surface area contributed by atoms with Crippen molar-refractivity contribution in [2.75, 3.05) is 13.1 Å². The summed E-state index contributed by atoms with van der Waals surface area (Å²) in [6.07, 6.45) is 4.40. The number of hydrogen-bond acceptors (Lipinski definition) is 4. The molecule has 1 fully saturated rings. The third kappa shape index (κ3) is 4.22. The third-order valence-electron chi connectivity index (χ3n) is 4.06. The van der Waals surface area contributed by atoms with Gasteiger partial charge in [-0.2, -0.15) is 0 Å². The molecule has 2 amide bonds. The summed E-state index contributed by atoms with van der Waals surface area (Å²) in [4.78, 5) is 27.2. The van der Waals surface area contributed by atoms with E-state index in [4.69, 9.17) is 4.42 Å². The van der Waals surface area contributed by atoms with E-state index in [1.807, 2.05) is 11.4 Å². The van der Waals surface area contributed by atoms with Gasteiger partial charge in [0.15, 0.2) is 5.76 Å². The Morgan fingerprint density at radius 3 is 2.74 bits per heavy atom. The minimum Gasteiger partial charge on any atom is -0.459 e. The Morgan fingerprint density at radius 1 is 1.26 bits per heavy atom. The zero-order valence-electron chi connectivity index (χ0n) is 12.9. The number of carbonyl (C=O) groups is 2. The van der Waals surface area contributed by atoms with Crippen LogP contribution < -0.4 is 5.32 Å². The molecule has 0 atom stereocenters. The first kappa shape index (κ1) is 15.8. The standard InChI is InChI=1S/C17H20N2O3S/c20-16(6-5-14-3-2-12-23-14)18-13-7-9-19(10-8-13)17(21)15-4-1-11-22-15/h1-4,11-13H,5-10H2,(H,18,20). The predicted molar refractivity (Wildman–Crippen MR) is 88.4 cm³/mol. The molecule has 0 radical (unpaired) electrons. The fraction of sp³-hybridized carbons (Fsp3) is 0.412. The molecule has 3 rings (SSSR count). The molecule has 1 aliphatic heterocycles. The molecule has 0 bridgehead atoms. The zero-order chi connectivity index (χ0) is 16.1. The van der Waals surface area contributed by atoms with Crippen molar-refractivity contribution in [3.63, 3.8) is 0 Å². The van der Waals surface area contributed by atoms with E-state index in [0.29, 0.717) is 25.3 Å². The number of likely N-dealkylation sites (tertiary alicyclic amines) is 1. The van der Waals surface area contributed by atoms with Gasteiger partial charge in [-0.05, 0) is 42.8 Å². The van der Waals surface area contributed by atoms with Gasteiger partial charge in [-0.1, -0.05) is 6.07 Å². The van der Waals surface area contributed by atoms with Crippen molar-refractivity contribution < 1.29 is 14.0 Å². The van der Waals surface area contributed by atoms with E-state index in [2.05, 4.69) is 11.4 Å². The minimum atomic E-state index is -0.0718. The highest BCUT2D eigenvalue weighted by Crippen LogP contribution is 2.15. The third-order valence-corrected chi connectivity index (χ3v) is 4.99. The average Bonchev–Trinajstić information content (AvgIpc) is 3.26. The summed E-state index contributed by atoms with van der Waals surface area (Å²) in [6, 6.07) is 7.61. The molecule has 2 aromatic rings. The minimum absolute atomic E-state index is 0.0718. The summed E-state index contributed by atoms with van der Waals surface area (Å²) in [5.41, 5.74) is 0. The summed E-state index contributed by atoms with van der Waals surface area (Å²) in [5.74, 6) is 0.398. The second kappa shape index (κ2) is 7.46. The first-order valence-corrected chi connectivity index (χ1v) is 8.75. The number of thiophene rings is 1. The van der Waals surface area contributed by atoms with E-state index in [0.717, 1.165) is 19.3 Å². The van der Waals surface area contributed by atoms with Gasteiger partial charge < -0.3 is 14.6 Å². The second-order valence-electron chi connectivity index (χ2n) is 5.69. The smallest absolute Gasteiger partial charge is 0.289 e. The fourth-order valence-electron chi connectivity index (χ4n) is 2.77. The van der Waals surface area contributed by atoms with Crippen LogP contribution in [0.1, 0.15) is 34.7 Å². The molecule has 1 saturated heterocycles. The Labute approximate surface area is 139 Å². The maximum absolute atomic E-state index is 12.2. The lowest BCUT2D eigenvalue weighted by Crippen LogP contribution is -2.46. The molecule has 2 aromatic heterocycles. The lowest BCUT2D eigenvalue weighted by atomic mass is 10.0. The summed E-state index contributed by atoms with van der Waals surface area (Å²) in [5, 5.41) is 5.11. The number of rotatable bonds is 5. The van der Waals surface area contributed by atoms with E-state index >= 15 is 0 Å². The number of hydrogen-bond donors (Lipinski definition) is 1. The van der Waals surface area contributed by atoms with E-state index in [1.54, 1.807) is 28.4 Å². The van der Waals surface area contributed by atoms with E-state index in [-0.39, 0.29) is 17.9 Å². The number of nitrogens with one attached hydrogen (secondary N) is 1. The molecule has 1 N–H and O–H groups in total. The average molecular weight is 332 g/mol. The van der Waals surface area contributed by atoms with Crippen LogP contribution in [0.15, 0.2) is 40.3 Å². The van der Waals surface area contributed by atoms with Gasteiger partial charge in [0.05, 0.1) is 6.26 Å². The van der Waals surface area contributed by atoms with Gasteiger partial charge in [0.25, 0.3) is 5.91 Å². The fourth-order valence-corrected chi connectivity index (χ4v) is 3.48. The SMILES string of the molecule is O=C(CCc1cccs1)NC1CCN(C(=O)c2ccco2)CC1. The van der Waals surface area contributed by atoms with Crippen LogP contribution in [0.2, 0.25) is 0 Å². The summed E-state index contributed by atoms with van der Waals surface area (Å²) in [7, 11) is 0. The van der Waals surface area contributed by atoms with Crippen LogP contribution in [0.4, 0.5) is 0 Å². The van der Waals surface area contributed by atoms with Crippen molar-refractivity contribution in [2.45, 2.75) is 31.7 Å². The van der Waals surface area contributed by atoms with Gasteiger partial charge in [-0.25, -0.2) is 0 Å². The van der Waals surface area contributed by atoms with Crippen molar-refractivity contribution in [3.8, 4) is 0 Å². The number of nitrogens with zero attached hydrogens (tertiary/aromatic N) is 1. The molecule has 6 heteroatoms. The van der Waals surface area contributed by atoms with Gasteiger partial charge in [-0.3, -0.25) is 9.59 Å². The van der Waals surface area contributed by atoms with Crippen molar-refractivity contribution in [1.29, 1.82) is 0 Å². The number of amides is 2. The number of piperidine rings is 1. The Kier molecular flexibility index (Phi) is 5.12. The Bertz CT molecular complexity index is 629. The Hall–Kier alpha value is -2.08. The van der Waals surface area contributed by atoms with E-state index in [1.165, 1.54) is 11.1 Å². The predicted octanol–water partition coefficient (Wildman–Crippen LogP) is 2.69. The van der Waals surface area contributed by atoms with Gasteiger partial charge in [0.1, 0.15) is 0 Å². The highest BCUT2D eigenvalue weighted by atomic mass is 32.1. The monoisotopic (exact) mass is 332 g/mol. The number of furan rings is 1. The first-order valence-electron chi connectivity index (χ1n) is 7.87. The molecule has 3 heterocycles. The van der Waals surface area contributed by atoms with Crippen molar-refractivity contribution in [2.24, 2.45) is 0 Å². The lowest BCUT2D eigenvalue weighted by molar-refractivity contribution is -0.122. The van der Waals surface area contributed by atoms with Crippen molar-refractivity contribution in [1.82, 2.24) is 10.2 Å². The molecular weight excluding hydrogens is 312 g/mol. The summed E-state index contributed by atoms with van der Waals surface area (Å²) < 4.78 is 5.15. The maximum atomic E-state index is 12.2. The molecular formula is C17H20N2O3S. The Balaban J connectivity index is 1.40. The largest absolute Gasteiger partial charge is 0.459 e. The highest BCUT2D eigenvalue weighted by molar-refractivity contribution is 7.09. The molecule has 0 aliphatic carbocycles. The van der Waals surface area contributed by atoms with Crippen LogP contribution in [-0.4, -0.2) is 35.8 Å². The van der Waals surface area contributed by atoms with Gasteiger partial charge in [-0.15, -0.1) is 11.3 Å². The van der Waals surface area contributed by atoms with Crippen LogP contribution >= 0.6 is 11.3 Å². The van der Waals surface area contributed by atoms with Gasteiger partial charge in [0.2, 0.25) is 5.91 Å². The van der Waals surface area contributed by atoms with Crippen LogP contribution in [0.25, 0.3) is 0 Å². The molecule has 0 spiro atoms. The zero-order valence-corrected chi connectivity index (χ0v) is 13.7. The second-order valence-corrected chi connectivity index (χ2v) is 6.72. The summed E-state index contributed by atoms with van der Waals surface area (Å²) in [6.45, 7) is 1.30. The lowest BCUT2D eigenvalue weighted by Gasteiger charge is -2.31. The normalized spacial score (nSPS) is 15.6. The molecule has 0 aromatic carbocycles. The van der Waals surface area contributed by atoms with Crippen LogP contribution in [0.5, 0.6) is 0 Å². The van der Waals surface area contributed by atoms with E-state index < -0.39 is 0 Å². The molecule has 1 aliphatic rings. The first-order chi connectivity index (χ1) is 11.2. The maximum Gasteiger partial charge on any atom is 0.289 e. The number of aryl methyl sites for hydroxylation is 1. The quantitative estimate of drug-likeness (QED) is 0.916. The van der Waals surface area contributed by atoms with Crippen LogP contribution in [-0.2, 0) is 11.2 Å². The van der Waals surface area contributed by atoms with Crippen LogP contribution in [0.3, 0.4) is 0 Å². The molecule has 23 heavy (non-hydrogen) atoms.